The van der Waals surface area contributed by atoms with Crippen molar-refractivity contribution >= 4 is 38.2 Å². The number of thiophene rings is 1. The molecule has 1 heterocycles. The van der Waals surface area contributed by atoms with E-state index in [1.165, 1.54) is 11.3 Å². The molecule has 3 nitrogen and oxygen atoms in total. The molecule has 2 rings (SSSR count). The van der Waals surface area contributed by atoms with Crippen LogP contribution in [0, 0.1) is 11.3 Å². The fraction of sp³-hybridized carbons (Fsp3) is 0. The molecular formula is C12H7BrN2OS. The van der Waals surface area contributed by atoms with Crippen LogP contribution in [0.4, 0.5) is 5.00 Å². The Kier molecular flexibility index (Phi) is 3.57. The Morgan fingerprint density at radius 1 is 1.41 bits per heavy atom. The monoisotopic (exact) mass is 306 g/mol. The van der Waals surface area contributed by atoms with Gasteiger partial charge in [0.25, 0.3) is 5.91 Å². The summed E-state index contributed by atoms with van der Waals surface area (Å²) in [4.78, 5) is 11.9. The average molecular weight is 307 g/mol. The number of hydrogen-bond donors (Lipinski definition) is 1. The van der Waals surface area contributed by atoms with Gasteiger partial charge in [-0.1, -0.05) is 22.0 Å². The van der Waals surface area contributed by atoms with Crippen LogP contribution in [-0.2, 0) is 0 Å². The SMILES string of the molecule is N#Cc1ccsc1NC(=O)c1cccc(Br)c1. The molecule has 0 aliphatic heterocycles. The summed E-state index contributed by atoms with van der Waals surface area (Å²) in [5.74, 6) is -0.217. The van der Waals surface area contributed by atoms with E-state index in [4.69, 9.17) is 5.26 Å². The quantitative estimate of drug-likeness (QED) is 0.921. The largest absolute Gasteiger partial charge is 0.312 e. The summed E-state index contributed by atoms with van der Waals surface area (Å²) in [6.45, 7) is 0. The highest BCUT2D eigenvalue weighted by Crippen LogP contribution is 2.23. The summed E-state index contributed by atoms with van der Waals surface area (Å²) in [7, 11) is 0. The number of anilines is 1. The maximum atomic E-state index is 11.9. The Morgan fingerprint density at radius 2 is 2.24 bits per heavy atom. The van der Waals surface area contributed by atoms with E-state index < -0.39 is 0 Å². The number of hydrogen-bond acceptors (Lipinski definition) is 3. The molecule has 0 spiro atoms. The van der Waals surface area contributed by atoms with Gasteiger partial charge >= 0.3 is 0 Å². The Balaban J connectivity index is 2.21. The fourth-order valence-corrected chi connectivity index (χ4v) is 2.43. The fourth-order valence-electron chi connectivity index (χ4n) is 1.30. The molecule has 0 saturated carbocycles. The second kappa shape index (κ2) is 5.13. The lowest BCUT2D eigenvalue weighted by Crippen LogP contribution is -2.11. The third-order valence-corrected chi connectivity index (χ3v) is 3.42. The van der Waals surface area contributed by atoms with Gasteiger partial charge in [0.15, 0.2) is 0 Å². The van der Waals surface area contributed by atoms with Gasteiger partial charge in [0.05, 0.1) is 5.56 Å². The molecule has 0 bridgehead atoms. The summed E-state index contributed by atoms with van der Waals surface area (Å²) in [5, 5.41) is 13.9. The zero-order valence-electron chi connectivity index (χ0n) is 8.61. The molecule has 5 heteroatoms. The van der Waals surface area contributed by atoms with Crippen LogP contribution in [0.3, 0.4) is 0 Å². The zero-order valence-corrected chi connectivity index (χ0v) is 11.0. The molecular weight excluding hydrogens is 300 g/mol. The number of amides is 1. The van der Waals surface area contributed by atoms with E-state index in [0.717, 1.165) is 4.47 Å². The van der Waals surface area contributed by atoms with Crippen molar-refractivity contribution < 1.29 is 4.79 Å². The van der Waals surface area contributed by atoms with Gasteiger partial charge < -0.3 is 5.32 Å². The molecule has 1 aromatic carbocycles. The molecule has 17 heavy (non-hydrogen) atoms. The minimum atomic E-state index is -0.217. The van der Waals surface area contributed by atoms with Crippen LogP contribution in [0.5, 0.6) is 0 Å². The van der Waals surface area contributed by atoms with Crippen molar-refractivity contribution in [3.8, 4) is 6.07 Å². The minimum absolute atomic E-state index is 0.217. The van der Waals surface area contributed by atoms with Crippen molar-refractivity contribution in [2.24, 2.45) is 0 Å². The normalized spacial score (nSPS) is 9.65. The Bertz CT molecular complexity index is 601. The third-order valence-electron chi connectivity index (χ3n) is 2.10. The van der Waals surface area contributed by atoms with Gasteiger partial charge in [-0.25, -0.2) is 0 Å². The predicted molar refractivity (Wildman–Crippen MR) is 71.1 cm³/mol. The van der Waals surface area contributed by atoms with Crippen LogP contribution in [0.15, 0.2) is 40.2 Å². The Labute approximate surface area is 111 Å². The molecule has 0 saturated heterocycles. The highest BCUT2D eigenvalue weighted by Gasteiger charge is 2.10. The van der Waals surface area contributed by atoms with Crippen molar-refractivity contribution in [1.82, 2.24) is 0 Å². The van der Waals surface area contributed by atoms with E-state index in [-0.39, 0.29) is 5.91 Å². The van der Waals surface area contributed by atoms with Gasteiger partial charge in [-0.2, -0.15) is 5.26 Å². The van der Waals surface area contributed by atoms with Crippen molar-refractivity contribution in [2.75, 3.05) is 5.32 Å². The smallest absolute Gasteiger partial charge is 0.256 e. The highest BCUT2D eigenvalue weighted by molar-refractivity contribution is 9.10. The molecule has 84 valence electrons. The van der Waals surface area contributed by atoms with E-state index in [1.54, 1.807) is 29.6 Å². The molecule has 1 amide bonds. The second-order valence-corrected chi connectivity index (χ2v) is 5.07. The standard InChI is InChI=1S/C12H7BrN2OS/c13-10-3-1-2-8(6-10)11(16)15-12-9(7-14)4-5-17-12/h1-6H,(H,15,16). The molecule has 0 aliphatic carbocycles. The number of carbonyl (C=O) groups excluding carboxylic acids is 1. The van der Waals surface area contributed by atoms with Crippen LogP contribution >= 0.6 is 27.3 Å². The topological polar surface area (TPSA) is 52.9 Å². The maximum Gasteiger partial charge on any atom is 0.256 e. The summed E-state index contributed by atoms with van der Waals surface area (Å²) in [6.07, 6.45) is 0. The average Bonchev–Trinajstić information content (AvgIpc) is 2.76. The summed E-state index contributed by atoms with van der Waals surface area (Å²) >= 11 is 4.64. The van der Waals surface area contributed by atoms with Gasteiger partial charge in [-0.3, -0.25) is 4.79 Å². The van der Waals surface area contributed by atoms with E-state index in [2.05, 4.69) is 21.2 Å². The van der Waals surface area contributed by atoms with Crippen molar-refractivity contribution in [3.05, 3.63) is 51.3 Å². The first-order valence-electron chi connectivity index (χ1n) is 4.75. The predicted octanol–water partition coefficient (Wildman–Crippen LogP) is 3.63. The van der Waals surface area contributed by atoms with Crippen LogP contribution in [0.25, 0.3) is 0 Å². The molecule has 0 fully saturated rings. The Hall–Kier alpha value is -1.64. The molecule has 0 atom stereocenters. The first-order chi connectivity index (χ1) is 8.20. The molecule has 0 unspecified atom stereocenters. The number of nitriles is 1. The van der Waals surface area contributed by atoms with E-state index in [0.29, 0.717) is 16.1 Å². The summed E-state index contributed by atoms with van der Waals surface area (Å²) in [6, 6.07) is 10.8. The lowest BCUT2D eigenvalue weighted by Gasteiger charge is -2.03. The van der Waals surface area contributed by atoms with Crippen LogP contribution < -0.4 is 5.32 Å². The third kappa shape index (κ3) is 2.73. The van der Waals surface area contributed by atoms with E-state index in [9.17, 15) is 4.79 Å². The van der Waals surface area contributed by atoms with Gasteiger partial charge in [0, 0.05) is 10.0 Å². The number of benzene rings is 1. The molecule has 2 aromatic rings. The van der Waals surface area contributed by atoms with Crippen molar-refractivity contribution in [3.63, 3.8) is 0 Å². The summed E-state index contributed by atoms with van der Waals surface area (Å²) in [5.41, 5.74) is 1.04. The number of carbonyl (C=O) groups is 1. The lowest BCUT2D eigenvalue weighted by molar-refractivity contribution is 0.102. The first-order valence-corrected chi connectivity index (χ1v) is 6.42. The minimum Gasteiger partial charge on any atom is -0.312 e. The van der Waals surface area contributed by atoms with E-state index >= 15 is 0 Å². The molecule has 0 aliphatic rings. The maximum absolute atomic E-state index is 11.9. The van der Waals surface area contributed by atoms with Crippen LogP contribution in [0.1, 0.15) is 15.9 Å². The van der Waals surface area contributed by atoms with Crippen molar-refractivity contribution in [2.45, 2.75) is 0 Å². The highest BCUT2D eigenvalue weighted by atomic mass is 79.9. The van der Waals surface area contributed by atoms with Crippen LogP contribution in [0.2, 0.25) is 0 Å². The number of nitrogens with one attached hydrogen (secondary N) is 1. The summed E-state index contributed by atoms with van der Waals surface area (Å²) < 4.78 is 0.844. The molecule has 0 radical (unpaired) electrons. The van der Waals surface area contributed by atoms with E-state index in [1.807, 2.05) is 12.1 Å². The van der Waals surface area contributed by atoms with Gasteiger partial charge in [0.2, 0.25) is 0 Å². The lowest BCUT2D eigenvalue weighted by atomic mass is 10.2. The first kappa shape index (κ1) is 11.8. The zero-order chi connectivity index (χ0) is 12.3. The van der Waals surface area contributed by atoms with Crippen LogP contribution in [-0.4, -0.2) is 5.91 Å². The molecule has 1 aromatic heterocycles. The van der Waals surface area contributed by atoms with Gasteiger partial charge in [-0.15, -0.1) is 11.3 Å². The van der Waals surface area contributed by atoms with Gasteiger partial charge in [-0.05, 0) is 29.6 Å². The van der Waals surface area contributed by atoms with Gasteiger partial charge in [0.1, 0.15) is 11.1 Å². The molecule has 1 N–H and O–H groups in total. The Morgan fingerprint density at radius 3 is 2.94 bits per heavy atom. The second-order valence-electron chi connectivity index (χ2n) is 3.24. The van der Waals surface area contributed by atoms with Crippen molar-refractivity contribution in [1.29, 1.82) is 5.26 Å². The number of rotatable bonds is 2. The number of nitrogens with zero attached hydrogens (tertiary/aromatic N) is 1. The number of halogens is 1.